The van der Waals surface area contributed by atoms with Crippen LogP contribution in [0.1, 0.15) is 0 Å². The Balaban J connectivity index is 2.23. The third kappa shape index (κ3) is 4.40. The van der Waals surface area contributed by atoms with E-state index in [-0.39, 0.29) is 16.3 Å². The first-order valence-electron chi connectivity index (χ1n) is 5.81. The van der Waals surface area contributed by atoms with Crippen LogP contribution in [0.15, 0.2) is 56.3 Å². The summed E-state index contributed by atoms with van der Waals surface area (Å²) in [5.74, 6) is -0.0541. The topological polar surface area (TPSA) is 55.4 Å². The maximum atomic E-state index is 12.3. The van der Waals surface area contributed by atoms with Gasteiger partial charge >= 0.3 is 6.61 Å². The molecule has 0 saturated heterocycles. The van der Waals surface area contributed by atoms with E-state index in [9.17, 15) is 17.2 Å². The quantitative estimate of drug-likeness (QED) is 0.714. The normalized spacial score (nSPS) is 11.5. The van der Waals surface area contributed by atoms with Gasteiger partial charge in [-0.2, -0.15) is 8.78 Å². The number of benzene rings is 2. The van der Waals surface area contributed by atoms with Crippen LogP contribution < -0.4 is 9.46 Å². The highest BCUT2D eigenvalue weighted by molar-refractivity contribution is 9.11. The minimum atomic E-state index is -3.82. The van der Waals surface area contributed by atoms with Gasteiger partial charge in [-0.15, -0.1) is 0 Å². The molecule has 22 heavy (non-hydrogen) atoms. The van der Waals surface area contributed by atoms with Gasteiger partial charge in [0.2, 0.25) is 0 Å². The molecular formula is C13H9Br2F2NO3S. The van der Waals surface area contributed by atoms with E-state index in [0.29, 0.717) is 8.95 Å². The van der Waals surface area contributed by atoms with Gasteiger partial charge in [0.15, 0.2) is 0 Å². The van der Waals surface area contributed by atoms with Crippen LogP contribution in [0.3, 0.4) is 0 Å². The SMILES string of the molecule is O=S(=O)(Nc1ccc(OC(F)F)cc1)c1cc(Br)ccc1Br. The van der Waals surface area contributed by atoms with Gasteiger partial charge in [-0.05, 0) is 58.4 Å². The molecule has 0 aliphatic heterocycles. The molecule has 2 aromatic carbocycles. The average Bonchev–Trinajstić information content (AvgIpc) is 2.43. The summed E-state index contributed by atoms with van der Waals surface area (Å²) >= 11 is 6.38. The Labute approximate surface area is 142 Å². The molecule has 9 heteroatoms. The lowest BCUT2D eigenvalue weighted by Gasteiger charge is -2.11. The van der Waals surface area contributed by atoms with E-state index in [1.807, 2.05) is 0 Å². The highest BCUT2D eigenvalue weighted by Gasteiger charge is 2.18. The third-order valence-corrected chi connectivity index (χ3v) is 5.38. The van der Waals surface area contributed by atoms with Crippen molar-refractivity contribution in [3.05, 3.63) is 51.4 Å². The molecule has 118 valence electrons. The highest BCUT2D eigenvalue weighted by atomic mass is 79.9. The maximum Gasteiger partial charge on any atom is 0.387 e. The molecule has 0 radical (unpaired) electrons. The first-order valence-corrected chi connectivity index (χ1v) is 8.87. The Morgan fingerprint density at radius 2 is 1.68 bits per heavy atom. The lowest BCUT2D eigenvalue weighted by atomic mass is 10.3. The maximum absolute atomic E-state index is 12.3. The summed E-state index contributed by atoms with van der Waals surface area (Å²) in [6.07, 6.45) is 0. The van der Waals surface area contributed by atoms with E-state index in [2.05, 4.69) is 41.3 Å². The second-order valence-electron chi connectivity index (χ2n) is 4.08. The van der Waals surface area contributed by atoms with Crippen molar-refractivity contribution in [2.24, 2.45) is 0 Å². The zero-order valence-electron chi connectivity index (χ0n) is 10.8. The summed E-state index contributed by atoms with van der Waals surface area (Å²) in [7, 11) is -3.82. The number of anilines is 1. The fourth-order valence-electron chi connectivity index (χ4n) is 1.60. The number of hydrogen-bond donors (Lipinski definition) is 1. The van der Waals surface area contributed by atoms with Crippen LogP contribution in [0.2, 0.25) is 0 Å². The van der Waals surface area contributed by atoms with Crippen molar-refractivity contribution < 1.29 is 21.9 Å². The first-order chi connectivity index (χ1) is 10.3. The lowest BCUT2D eigenvalue weighted by molar-refractivity contribution is -0.0498. The number of hydrogen-bond acceptors (Lipinski definition) is 3. The van der Waals surface area contributed by atoms with E-state index >= 15 is 0 Å². The molecule has 0 aliphatic rings. The number of nitrogens with one attached hydrogen (secondary N) is 1. The van der Waals surface area contributed by atoms with Crippen LogP contribution in [0.5, 0.6) is 5.75 Å². The van der Waals surface area contributed by atoms with Gasteiger partial charge in [-0.3, -0.25) is 4.72 Å². The molecule has 0 saturated carbocycles. The molecule has 2 aromatic rings. The fraction of sp³-hybridized carbons (Fsp3) is 0.0769. The van der Waals surface area contributed by atoms with E-state index in [1.165, 1.54) is 30.3 Å². The van der Waals surface area contributed by atoms with Crippen LogP contribution in [-0.4, -0.2) is 15.0 Å². The van der Waals surface area contributed by atoms with Crippen LogP contribution in [0, 0.1) is 0 Å². The van der Waals surface area contributed by atoms with Gasteiger partial charge in [0.25, 0.3) is 10.0 Å². The average molecular weight is 457 g/mol. The van der Waals surface area contributed by atoms with Crippen molar-refractivity contribution in [2.75, 3.05) is 4.72 Å². The molecule has 0 aliphatic carbocycles. The number of sulfonamides is 1. The van der Waals surface area contributed by atoms with E-state index < -0.39 is 16.6 Å². The summed E-state index contributed by atoms with van der Waals surface area (Å²) in [5, 5.41) is 0. The Bertz CT molecular complexity index is 767. The molecule has 2 rings (SSSR count). The lowest BCUT2D eigenvalue weighted by Crippen LogP contribution is -2.13. The summed E-state index contributed by atoms with van der Waals surface area (Å²) in [6, 6.07) is 9.90. The molecule has 0 amide bonds. The fourth-order valence-corrected chi connectivity index (χ4v) is 4.16. The molecule has 4 nitrogen and oxygen atoms in total. The van der Waals surface area contributed by atoms with Crippen molar-refractivity contribution in [2.45, 2.75) is 11.5 Å². The zero-order valence-corrected chi connectivity index (χ0v) is 14.8. The van der Waals surface area contributed by atoms with Crippen LogP contribution in [0.25, 0.3) is 0 Å². The van der Waals surface area contributed by atoms with E-state index in [1.54, 1.807) is 12.1 Å². The minimum Gasteiger partial charge on any atom is -0.435 e. The van der Waals surface area contributed by atoms with Crippen molar-refractivity contribution in [1.29, 1.82) is 0 Å². The van der Waals surface area contributed by atoms with Crippen LogP contribution in [-0.2, 0) is 10.0 Å². The summed E-state index contributed by atoms with van der Waals surface area (Å²) in [4.78, 5) is 0.0507. The Morgan fingerprint density at radius 1 is 1.05 bits per heavy atom. The Morgan fingerprint density at radius 3 is 2.27 bits per heavy atom. The number of rotatable bonds is 5. The van der Waals surface area contributed by atoms with Crippen LogP contribution in [0.4, 0.5) is 14.5 Å². The molecule has 0 fully saturated rings. The smallest absolute Gasteiger partial charge is 0.387 e. The van der Waals surface area contributed by atoms with E-state index in [4.69, 9.17) is 0 Å². The van der Waals surface area contributed by atoms with Crippen molar-refractivity contribution >= 4 is 47.6 Å². The van der Waals surface area contributed by atoms with Gasteiger partial charge in [0.05, 0.1) is 0 Å². The highest BCUT2D eigenvalue weighted by Crippen LogP contribution is 2.28. The molecule has 0 spiro atoms. The standard InChI is InChI=1S/C13H9Br2F2NO3S/c14-8-1-6-11(15)12(7-8)22(19,20)18-9-2-4-10(5-3-9)21-13(16)17/h1-7,13,18H. The molecule has 0 unspecified atom stereocenters. The number of ether oxygens (including phenoxy) is 1. The predicted molar refractivity (Wildman–Crippen MR) is 85.7 cm³/mol. The molecule has 0 aromatic heterocycles. The minimum absolute atomic E-state index is 0.0507. The first kappa shape index (κ1) is 17.2. The molecular weight excluding hydrogens is 448 g/mol. The number of alkyl halides is 2. The van der Waals surface area contributed by atoms with Crippen molar-refractivity contribution in [1.82, 2.24) is 0 Å². The summed E-state index contributed by atoms with van der Waals surface area (Å²) in [6.45, 7) is -2.93. The van der Waals surface area contributed by atoms with Gasteiger partial charge in [0.1, 0.15) is 10.6 Å². The molecule has 0 bridgehead atoms. The Hall–Kier alpha value is -1.19. The van der Waals surface area contributed by atoms with Gasteiger partial charge < -0.3 is 4.74 Å². The monoisotopic (exact) mass is 455 g/mol. The van der Waals surface area contributed by atoms with E-state index in [0.717, 1.165) is 0 Å². The van der Waals surface area contributed by atoms with Crippen molar-refractivity contribution in [3.63, 3.8) is 0 Å². The second kappa shape index (κ2) is 6.93. The van der Waals surface area contributed by atoms with Crippen LogP contribution >= 0.6 is 31.9 Å². The van der Waals surface area contributed by atoms with Crippen molar-refractivity contribution in [3.8, 4) is 5.75 Å². The van der Waals surface area contributed by atoms with Gasteiger partial charge in [0, 0.05) is 14.6 Å². The third-order valence-electron chi connectivity index (χ3n) is 2.51. The number of halogens is 4. The Kier molecular flexibility index (Phi) is 5.41. The van der Waals surface area contributed by atoms with Gasteiger partial charge in [-0.25, -0.2) is 8.42 Å². The zero-order chi connectivity index (χ0) is 16.3. The largest absolute Gasteiger partial charge is 0.435 e. The molecule has 0 heterocycles. The molecule has 0 atom stereocenters. The van der Waals surface area contributed by atoms with Gasteiger partial charge in [-0.1, -0.05) is 15.9 Å². The predicted octanol–water partition coefficient (Wildman–Crippen LogP) is 4.61. The molecule has 1 N–H and O–H groups in total. The summed E-state index contributed by atoms with van der Waals surface area (Å²) in [5.41, 5.74) is 0.230. The second-order valence-corrected chi connectivity index (χ2v) is 7.50. The summed E-state index contributed by atoms with van der Waals surface area (Å²) < 4.78 is 56.3.